The van der Waals surface area contributed by atoms with Crippen LogP contribution < -0.4 is 0 Å². The van der Waals surface area contributed by atoms with E-state index in [0.29, 0.717) is 22.7 Å². The summed E-state index contributed by atoms with van der Waals surface area (Å²) in [5.74, 6) is 1.71. The summed E-state index contributed by atoms with van der Waals surface area (Å²) in [5, 5.41) is 12.4. The van der Waals surface area contributed by atoms with Gasteiger partial charge in [-0.2, -0.15) is 0 Å². The lowest BCUT2D eigenvalue weighted by atomic mass is 9.92. The number of benzene rings is 1. The Morgan fingerprint density at radius 1 is 1.22 bits per heavy atom. The van der Waals surface area contributed by atoms with Gasteiger partial charge in [0.05, 0.1) is 0 Å². The van der Waals surface area contributed by atoms with E-state index in [1.54, 1.807) is 16.8 Å². The van der Waals surface area contributed by atoms with E-state index in [2.05, 4.69) is 29.4 Å². The van der Waals surface area contributed by atoms with Crippen LogP contribution in [0.4, 0.5) is 0 Å². The molecule has 1 fully saturated rings. The molecule has 1 aromatic carbocycles. The summed E-state index contributed by atoms with van der Waals surface area (Å²) in [5.41, 5.74) is 0.840. The van der Waals surface area contributed by atoms with E-state index in [9.17, 15) is 4.79 Å². The Balaban J connectivity index is 1.75. The lowest BCUT2D eigenvalue weighted by Gasteiger charge is -2.35. The number of hydrogen-bond donors (Lipinski definition) is 0. The Hall–Kier alpha value is -1.95. The van der Waals surface area contributed by atoms with Crippen LogP contribution in [0.5, 0.6) is 0 Å². The lowest BCUT2D eigenvalue weighted by Crippen LogP contribution is -2.44. The number of hydrogen-bond acceptors (Lipinski definition) is 4. The van der Waals surface area contributed by atoms with Crippen molar-refractivity contribution in [3.05, 3.63) is 29.3 Å². The van der Waals surface area contributed by atoms with Crippen molar-refractivity contribution < 1.29 is 4.79 Å². The minimum absolute atomic E-state index is 0.0610. The predicted molar refractivity (Wildman–Crippen MR) is 87.8 cm³/mol. The highest BCUT2D eigenvalue weighted by molar-refractivity contribution is 6.30. The number of carbonyl (C=O) groups is 1. The average Bonchev–Trinajstić information content (AvgIpc) is 2.95. The molecule has 0 saturated carbocycles. The van der Waals surface area contributed by atoms with Gasteiger partial charge < -0.3 is 4.90 Å². The van der Waals surface area contributed by atoms with Crippen LogP contribution in [0.1, 0.15) is 20.3 Å². The predicted octanol–water partition coefficient (Wildman–Crippen LogP) is 2.50. The van der Waals surface area contributed by atoms with Gasteiger partial charge in [0.2, 0.25) is 5.91 Å². The number of halogens is 1. The zero-order valence-electron chi connectivity index (χ0n) is 13.3. The van der Waals surface area contributed by atoms with Crippen molar-refractivity contribution in [2.24, 2.45) is 11.8 Å². The Morgan fingerprint density at radius 3 is 2.52 bits per heavy atom. The molecule has 7 heteroatoms. The molecule has 0 unspecified atom stereocenters. The summed E-state index contributed by atoms with van der Waals surface area (Å²) in [7, 11) is 0. The molecule has 122 valence electrons. The quantitative estimate of drug-likeness (QED) is 0.865. The summed E-state index contributed by atoms with van der Waals surface area (Å²) < 4.78 is 1.55. The Bertz CT molecular complexity index is 674. The summed E-state index contributed by atoms with van der Waals surface area (Å²) in [6.07, 6.45) is 1.17. The molecule has 3 rings (SSSR count). The van der Waals surface area contributed by atoms with E-state index >= 15 is 0 Å². The number of piperidine rings is 1. The van der Waals surface area contributed by atoms with Gasteiger partial charge in [-0.3, -0.25) is 4.79 Å². The van der Waals surface area contributed by atoms with Gasteiger partial charge in [0, 0.05) is 23.7 Å². The number of carbonyl (C=O) groups excluding carboxylic acids is 1. The lowest BCUT2D eigenvalue weighted by molar-refractivity contribution is -0.134. The molecule has 0 N–H and O–H groups in total. The minimum Gasteiger partial charge on any atom is -0.341 e. The van der Waals surface area contributed by atoms with Crippen molar-refractivity contribution in [3.63, 3.8) is 0 Å². The molecular formula is C16H20ClN5O. The fourth-order valence-corrected chi connectivity index (χ4v) is 3.34. The Kier molecular flexibility index (Phi) is 4.61. The van der Waals surface area contributed by atoms with Crippen molar-refractivity contribution >= 4 is 17.5 Å². The maximum Gasteiger partial charge on any atom is 0.244 e. The van der Waals surface area contributed by atoms with Crippen LogP contribution in [0.2, 0.25) is 5.02 Å². The summed E-state index contributed by atoms with van der Waals surface area (Å²) in [4.78, 5) is 14.5. The van der Waals surface area contributed by atoms with Crippen molar-refractivity contribution in [3.8, 4) is 11.4 Å². The second kappa shape index (κ2) is 6.66. The molecule has 1 amide bonds. The number of nitrogens with zero attached hydrogens (tertiary/aromatic N) is 5. The summed E-state index contributed by atoms with van der Waals surface area (Å²) >= 11 is 5.91. The van der Waals surface area contributed by atoms with Crippen LogP contribution in [0.25, 0.3) is 11.4 Å². The Labute approximate surface area is 140 Å². The third kappa shape index (κ3) is 3.69. The average molecular weight is 334 g/mol. The first-order valence-electron chi connectivity index (χ1n) is 7.83. The molecule has 1 aliphatic heterocycles. The zero-order valence-corrected chi connectivity index (χ0v) is 14.1. The standard InChI is InChI=1S/C16H20ClN5O/c1-11-7-12(2)9-21(8-11)15(23)10-22-16(18-19-20-22)13-3-5-14(17)6-4-13/h3-6,11-12H,7-10H2,1-2H3/t11-,12-/m1/s1. The molecule has 2 atom stereocenters. The molecule has 0 radical (unpaired) electrons. The molecule has 0 bridgehead atoms. The largest absolute Gasteiger partial charge is 0.341 e. The fourth-order valence-electron chi connectivity index (χ4n) is 3.21. The van der Waals surface area contributed by atoms with Crippen LogP contribution in [0.15, 0.2) is 24.3 Å². The smallest absolute Gasteiger partial charge is 0.244 e. The monoisotopic (exact) mass is 333 g/mol. The summed E-state index contributed by atoms with van der Waals surface area (Å²) in [6, 6.07) is 7.26. The number of amides is 1. The van der Waals surface area contributed by atoms with E-state index < -0.39 is 0 Å². The number of rotatable bonds is 3. The maximum absolute atomic E-state index is 12.6. The molecule has 23 heavy (non-hydrogen) atoms. The molecule has 1 saturated heterocycles. The van der Waals surface area contributed by atoms with Gasteiger partial charge in [0.1, 0.15) is 6.54 Å². The van der Waals surface area contributed by atoms with Crippen LogP contribution in [-0.2, 0) is 11.3 Å². The van der Waals surface area contributed by atoms with Gasteiger partial charge in [-0.05, 0) is 52.9 Å². The Morgan fingerprint density at radius 2 is 1.87 bits per heavy atom. The van der Waals surface area contributed by atoms with Crippen LogP contribution in [0, 0.1) is 11.8 Å². The molecule has 0 aliphatic carbocycles. The van der Waals surface area contributed by atoms with Crippen molar-refractivity contribution in [1.82, 2.24) is 25.1 Å². The van der Waals surface area contributed by atoms with Gasteiger partial charge in [-0.15, -0.1) is 5.10 Å². The van der Waals surface area contributed by atoms with E-state index in [1.807, 2.05) is 17.0 Å². The molecule has 1 aliphatic rings. The van der Waals surface area contributed by atoms with Gasteiger partial charge in [0.25, 0.3) is 0 Å². The van der Waals surface area contributed by atoms with E-state index in [1.165, 1.54) is 6.42 Å². The molecular weight excluding hydrogens is 314 g/mol. The first kappa shape index (κ1) is 15.9. The number of tetrazole rings is 1. The summed E-state index contributed by atoms with van der Waals surface area (Å²) in [6.45, 7) is 6.14. The van der Waals surface area contributed by atoms with Crippen LogP contribution >= 0.6 is 11.6 Å². The SMILES string of the molecule is C[C@@H]1C[C@@H](C)CN(C(=O)Cn2nnnc2-c2ccc(Cl)cc2)C1. The zero-order chi connectivity index (χ0) is 16.4. The fraction of sp³-hybridized carbons (Fsp3) is 0.500. The molecule has 6 nitrogen and oxygen atoms in total. The van der Waals surface area contributed by atoms with Crippen LogP contribution in [-0.4, -0.2) is 44.1 Å². The molecule has 0 spiro atoms. The third-order valence-corrected chi connectivity index (χ3v) is 4.39. The molecule has 2 heterocycles. The topological polar surface area (TPSA) is 63.9 Å². The second-order valence-corrected chi connectivity index (χ2v) is 6.85. The highest BCUT2D eigenvalue weighted by Gasteiger charge is 2.26. The van der Waals surface area contributed by atoms with Crippen LogP contribution in [0.3, 0.4) is 0 Å². The number of likely N-dealkylation sites (tertiary alicyclic amines) is 1. The molecule has 1 aromatic heterocycles. The molecule has 2 aromatic rings. The van der Waals surface area contributed by atoms with Crippen molar-refractivity contribution in [2.75, 3.05) is 13.1 Å². The van der Waals surface area contributed by atoms with Crippen molar-refractivity contribution in [1.29, 1.82) is 0 Å². The maximum atomic E-state index is 12.6. The minimum atomic E-state index is 0.0610. The highest BCUT2D eigenvalue weighted by Crippen LogP contribution is 2.22. The highest BCUT2D eigenvalue weighted by atomic mass is 35.5. The van der Waals surface area contributed by atoms with Gasteiger partial charge >= 0.3 is 0 Å². The second-order valence-electron chi connectivity index (χ2n) is 6.41. The van der Waals surface area contributed by atoms with Gasteiger partial charge in [-0.1, -0.05) is 25.4 Å². The van der Waals surface area contributed by atoms with Gasteiger partial charge in [-0.25, -0.2) is 4.68 Å². The number of aromatic nitrogens is 4. The third-order valence-electron chi connectivity index (χ3n) is 4.14. The first-order valence-corrected chi connectivity index (χ1v) is 8.20. The normalized spacial score (nSPS) is 21.4. The van der Waals surface area contributed by atoms with E-state index in [-0.39, 0.29) is 12.5 Å². The van der Waals surface area contributed by atoms with Gasteiger partial charge in [0.15, 0.2) is 5.82 Å². The first-order chi connectivity index (χ1) is 11.0. The van der Waals surface area contributed by atoms with E-state index in [4.69, 9.17) is 11.6 Å². The van der Waals surface area contributed by atoms with Crippen molar-refractivity contribution in [2.45, 2.75) is 26.8 Å². The van der Waals surface area contributed by atoms with E-state index in [0.717, 1.165) is 18.7 Å².